The number of carbonyl (C=O) groups excluding carboxylic acids is 1. The number of nitrogens with zero attached hydrogens (tertiary/aromatic N) is 3. The second-order valence-corrected chi connectivity index (χ2v) is 7.36. The Labute approximate surface area is 181 Å². The number of methoxy groups -OCH3 is 2. The number of carbonyl (C=O) groups is 1. The quantitative estimate of drug-likeness (QED) is 0.542. The molecule has 8 heteroatoms. The van der Waals surface area contributed by atoms with Crippen molar-refractivity contribution in [1.29, 1.82) is 0 Å². The molecule has 164 valence electrons. The summed E-state index contributed by atoms with van der Waals surface area (Å²) < 4.78 is 21.8. The molecule has 0 aliphatic heterocycles. The molecular formula is C23H27N3O5. The molecular weight excluding hydrogens is 398 g/mol. The molecule has 0 saturated heterocycles. The van der Waals surface area contributed by atoms with Gasteiger partial charge in [0.2, 0.25) is 11.7 Å². The van der Waals surface area contributed by atoms with Crippen LogP contribution in [0.3, 0.4) is 0 Å². The van der Waals surface area contributed by atoms with Gasteiger partial charge in [0.25, 0.3) is 5.91 Å². The molecule has 2 aromatic carbocycles. The Bertz CT molecular complexity index is 1040. The van der Waals surface area contributed by atoms with Gasteiger partial charge in [0, 0.05) is 13.1 Å². The molecule has 0 radical (unpaired) electrons. The van der Waals surface area contributed by atoms with Gasteiger partial charge >= 0.3 is 0 Å². The Morgan fingerprint density at radius 2 is 1.77 bits per heavy atom. The van der Waals surface area contributed by atoms with Crippen molar-refractivity contribution in [3.05, 3.63) is 53.4 Å². The van der Waals surface area contributed by atoms with Gasteiger partial charge < -0.3 is 23.6 Å². The van der Waals surface area contributed by atoms with E-state index in [1.54, 1.807) is 46.4 Å². The van der Waals surface area contributed by atoms with Gasteiger partial charge in [-0.25, -0.2) is 0 Å². The van der Waals surface area contributed by atoms with Crippen LogP contribution in [0.25, 0.3) is 11.4 Å². The van der Waals surface area contributed by atoms with Gasteiger partial charge in [-0.15, -0.1) is 0 Å². The van der Waals surface area contributed by atoms with Gasteiger partial charge in [-0.05, 0) is 56.2 Å². The van der Waals surface area contributed by atoms with Gasteiger partial charge in [-0.1, -0.05) is 11.2 Å². The summed E-state index contributed by atoms with van der Waals surface area (Å²) in [6.45, 7) is 5.86. The molecule has 0 aliphatic carbocycles. The first-order valence-corrected chi connectivity index (χ1v) is 9.85. The molecule has 1 amide bonds. The summed E-state index contributed by atoms with van der Waals surface area (Å²) in [7, 11) is 4.81. The van der Waals surface area contributed by atoms with Crippen LogP contribution in [0.1, 0.15) is 23.9 Å². The number of likely N-dealkylation sites (N-methyl/N-ethyl adjacent to an activating group) is 1. The number of ether oxygens (including phenoxy) is 3. The standard InChI is InChI=1S/C23H27N3O5/c1-14-9-15(2)11-18(10-14)30-16(3)23(27)26(4)13-21-24-22(25-31-21)19-8-7-17(28-5)12-20(19)29-6/h7-12,16H,13H2,1-6H3. The maximum atomic E-state index is 12.7. The molecule has 3 aromatic rings. The normalized spacial score (nSPS) is 11.7. The topological polar surface area (TPSA) is 86.9 Å². The zero-order valence-corrected chi connectivity index (χ0v) is 18.6. The molecule has 0 bridgehead atoms. The van der Waals surface area contributed by atoms with Crippen molar-refractivity contribution in [2.24, 2.45) is 0 Å². The van der Waals surface area contributed by atoms with Gasteiger partial charge in [-0.2, -0.15) is 4.98 Å². The summed E-state index contributed by atoms with van der Waals surface area (Å²) >= 11 is 0. The summed E-state index contributed by atoms with van der Waals surface area (Å²) in [5.74, 6) is 2.37. The van der Waals surface area contributed by atoms with Crippen molar-refractivity contribution in [2.75, 3.05) is 21.3 Å². The number of rotatable bonds is 8. The number of hydrogen-bond acceptors (Lipinski definition) is 7. The number of aryl methyl sites for hydroxylation is 2. The first-order valence-electron chi connectivity index (χ1n) is 9.85. The lowest BCUT2D eigenvalue weighted by molar-refractivity contribution is -0.137. The maximum absolute atomic E-state index is 12.7. The number of benzene rings is 2. The molecule has 1 atom stereocenters. The summed E-state index contributed by atoms with van der Waals surface area (Å²) in [6.07, 6.45) is -0.657. The fraction of sp³-hybridized carbons (Fsp3) is 0.348. The first kappa shape index (κ1) is 22.1. The third-order valence-corrected chi connectivity index (χ3v) is 4.72. The minimum atomic E-state index is -0.657. The Kier molecular flexibility index (Phi) is 6.79. The van der Waals surface area contributed by atoms with Crippen molar-refractivity contribution in [3.8, 4) is 28.6 Å². The van der Waals surface area contributed by atoms with Crippen molar-refractivity contribution in [2.45, 2.75) is 33.4 Å². The van der Waals surface area contributed by atoms with E-state index < -0.39 is 6.10 Å². The molecule has 8 nitrogen and oxygen atoms in total. The van der Waals surface area contributed by atoms with E-state index in [1.807, 2.05) is 26.0 Å². The lowest BCUT2D eigenvalue weighted by Gasteiger charge is -2.21. The lowest BCUT2D eigenvalue weighted by atomic mass is 10.1. The van der Waals surface area contributed by atoms with Crippen LogP contribution in [0.5, 0.6) is 17.2 Å². The molecule has 0 spiro atoms. The van der Waals surface area contributed by atoms with Gasteiger partial charge in [0.15, 0.2) is 6.10 Å². The van der Waals surface area contributed by atoms with Crippen LogP contribution in [-0.2, 0) is 11.3 Å². The molecule has 0 fully saturated rings. The van der Waals surface area contributed by atoms with E-state index in [2.05, 4.69) is 16.2 Å². The van der Waals surface area contributed by atoms with Crippen molar-refractivity contribution in [1.82, 2.24) is 15.0 Å². The molecule has 3 rings (SSSR count). The highest BCUT2D eigenvalue weighted by Crippen LogP contribution is 2.31. The number of amides is 1. The van der Waals surface area contributed by atoms with Crippen LogP contribution in [0.15, 0.2) is 40.9 Å². The molecule has 0 aliphatic rings. The van der Waals surface area contributed by atoms with E-state index in [0.717, 1.165) is 11.1 Å². The molecule has 31 heavy (non-hydrogen) atoms. The SMILES string of the molecule is COc1ccc(-c2noc(CN(C)C(=O)C(C)Oc3cc(C)cc(C)c3)n2)c(OC)c1. The molecule has 0 saturated carbocycles. The van der Waals surface area contributed by atoms with E-state index >= 15 is 0 Å². The highest BCUT2D eigenvalue weighted by Gasteiger charge is 2.22. The Hall–Kier alpha value is -3.55. The second kappa shape index (κ2) is 9.51. The predicted octanol–water partition coefficient (Wildman–Crippen LogP) is 3.80. The van der Waals surface area contributed by atoms with E-state index in [1.165, 1.54) is 4.90 Å². The van der Waals surface area contributed by atoms with Crippen LogP contribution in [0.4, 0.5) is 0 Å². The van der Waals surface area contributed by atoms with Crippen LogP contribution in [0, 0.1) is 13.8 Å². The predicted molar refractivity (Wildman–Crippen MR) is 115 cm³/mol. The minimum Gasteiger partial charge on any atom is -0.497 e. The van der Waals surface area contributed by atoms with Crippen molar-refractivity contribution in [3.63, 3.8) is 0 Å². The highest BCUT2D eigenvalue weighted by atomic mass is 16.5. The maximum Gasteiger partial charge on any atom is 0.263 e. The van der Waals surface area contributed by atoms with Crippen LogP contribution >= 0.6 is 0 Å². The fourth-order valence-corrected chi connectivity index (χ4v) is 3.26. The summed E-state index contributed by atoms with van der Waals surface area (Å²) in [6, 6.07) is 11.2. The molecule has 1 aromatic heterocycles. The lowest BCUT2D eigenvalue weighted by Crippen LogP contribution is -2.37. The fourth-order valence-electron chi connectivity index (χ4n) is 3.26. The van der Waals surface area contributed by atoms with Crippen LogP contribution in [0.2, 0.25) is 0 Å². The third-order valence-electron chi connectivity index (χ3n) is 4.72. The number of aromatic nitrogens is 2. The van der Waals surface area contributed by atoms with E-state index in [4.69, 9.17) is 18.7 Å². The largest absolute Gasteiger partial charge is 0.497 e. The monoisotopic (exact) mass is 425 g/mol. The Morgan fingerprint density at radius 3 is 2.42 bits per heavy atom. The Morgan fingerprint density at radius 1 is 1.06 bits per heavy atom. The average molecular weight is 425 g/mol. The summed E-state index contributed by atoms with van der Waals surface area (Å²) in [5.41, 5.74) is 2.82. The first-order chi connectivity index (χ1) is 14.8. The third kappa shape index (κ3) is 5.33. The second-order valence-electron chi connectivity index (χ2n) is 7.36. The zero-order chi connectivity index (χ0) is 22.5. The average Bonchev–Trinajstić information content (AvgIpc) is 3.19. The van der Waals surface area contributed by atoms with E-state index in [9.17, 15) is 4.79 Å². The minimum absolute atomic E-state index is 0.158. The summed E-state index contributed by atoms with van der Waals surface area (Å²) in [4.78, 5) is 18.6. The molecule has 1 unspecified atom stereocenters. The molecule has 1 heterocycles. The van der Waals surface area contributed by atoms with Gasteiger partial charge in [-0.3, -0.25) is 4.79 Å². The highest BCUT2D eigenvalue weighted by molar-refractivity contribution is 5.80. The van der Waals surface area contributed by atoms with Crippen molar-refractivity contribution < 1.29 is 23.5 Å². The summed E-state index contributed by atoms with van der Waals surface area (Å²) in [5, 5.41) is 4.02. The van der Waals surface area contributed by atoms with Crippen molar-refractivity contribution >= 4 is 5.91 Å². The van der Waals surface area contributed by atoms with Gasteiger partial charge in [0.1, 0.15) is 17.2 Å². The van der Waals surface area contributed by atoms with Crippen LogP contribution in [-0.4, -0.2) is 48.3 Å². The van der Waals surface area contributed by atoms with E-state index in [0.29, 0.717) is 34.5 Å². The van der Waals surface area contributed by atoms with Crippen LogP contribution < -0.4 is 14.2 Å². The zero-order valence-electron chi connectivity index (χ0n) is 18.6. The number of hydrogen-bond donors (Lipinski definition) is 0. The Balaban J connectivity index is 1.67. The van der Waals surface area contributed by atoms with Gasteiger partial charge in [0.05, 0.1) is 26.3 Å². The van der Waals surface area contributed by atoms with E-state index in [-0.39, 0.29) is 12.5 Å². The molecule has 0 N–H and O–H groups in total. The smallest absolute Gasteiger partial charge is 0.263 e.